The van der Waals surface area contributed by atoms with Gasteiger partial charge >= 0.3 is 0 Å². The number of benzene rings is 2. The van der Waals surface area contributed by atoms with Gasteiger partial charge in [0.25, 0.3) is 5.91 Å². The molecule has 0 unspecified atom stereocenters. The lowest BCUT2D eigenvalue weighted by atomic mass is 9.87. The summed E-state index contributed by atoms with van der Waals surface area (Å²) in [5, 5.41) is 3.03. The van der Waals surface area contributed by atoms with Crippen LogP contribution in [-0.4, -0.2) is 35.4 Å². The van der Waals surface area contributed by atoms with E-state index in [1.807, 2.05) is 30.0 Å². The number of nitrogens with zero attached hydrogens (tertiary/aromatic N) is 1. The van der Waals surface area contributed by atoms with Crippen LogP contribution in [0.15, 0.2) is 42.5 Å². The molecule has 3 aliphatic rings. The molecule has 6 heteroatoms. The van der Waals surface area contributed by atoms with E-state index in [0.717, 1.165) is 61.6 Å². The summed E-state index contributed by atoms with van der Waals surface area (Å²) in [6.45, 7) is 2.59. The molecule has 2 fully saturated rings. The molecule has 1 heterocycles. The SMILES string of the molecule is CC[C@@H](Oc1ccc2c(c1)[C@@H](c1ccc(F)cc1)N(C(=O)C1CCCC1)CC2)C(=O)NC1CC1. The van der Waals surface area contributed by atoms with Gasteiger partial charge < -0.3 is 15.0 Å². The largest absolute Gasteiger partial charge is 0.481 e. The quantitative estimate of drug-likeness (QED) is 0.632. The Morgan fingerprint density at radius 1 is 1.09 bits per heavy atom. The molecular weight excluding hydrogens is 431 g/mol. The Hall–Kier alpha value is -2.89. The molecule has 2 saturated carbocycles. The Morgan fingerprint density at radius 2 is 1.82 bits per heavy atom. The third-order valence-corrected chi connectivity index (χ3v) is 7.38. The monoisotopic (exact) mass is 464 g/mol. The van der Waals surface area contributed by atoms with Crippen molar-refractivity contribution in [3.63, 3.8) is 0 Å². The fourth-order valence-electron chi connectivity index (χ4n) is 5.32. The molecule has 2 aromatic rings. The predicted octanol–water partition coefficient (Wildman–Crippen LogP) is 4.93. The van der Waals surface area contributed by atoms with E-state index in [9.17, 15) is 14.0 Å². The van der Waals surface area contributed by atoms with E-state index in [1.165, 1.54) is 12.1 Å². The highest BCUT2D eigenvalue weighted by Gasteiger charge is 2.36. The zero-order valence-electron chi connectivity index (χ0n) is 19.8. The van der Waals surface area contributed by atoms with E-state index in [4.69, 9.17) is 4.74 Å². The number of fused-ring (bicyclic) bond motifs is 1. The normalized spacial score (nSPS) is 21.1. The Labute approximate surface area is 200 Å². The molecule has 0 radical (unpaired) electrons. The lowest BCUT2D eigenvalue weighted by molar-refractivity contribution is -0.137. The van der Waals surface area contributed by atoms with Gasteiger partial charge in [-0.1, -0.05) is 38.0 Å². The molecule has 180 valence electrons. The molecular formula is C28H33FN2O3. The fraction of sp³-hybridized carbons (Fsp3) is 0.500. The highest BCUT2D eigenvalue weighted by atomic mass is 19.1. The zero-order chi connectivity index (χ0) is 23.7. The summed E-state index contributed by atoms with van der Waals surface area (Å²) in [6.07, 6.45) is 6.93. The maximum Gasteiger partial charge on any atom is 0.261 e. The molecule has 5 rings (SSSR count). The fourth-order valence-corrected chi connectivity index (χ4v) is 5.32. The lowest BCUT2D eigenvalue weighted by Gasteiger charge is -2.39. The van der Waals surface area contributed by atoms with Crippen LogP contribution in [0.1, 0.15) is 74.6 Å². The van der Waals surface area contributed by atoms with E-state index >= 15 is 0 Å². The zero-order valence-corrected chi connectivity index (χ0v) is 19.8. The minimum absolute atomic E-state index is 0.0690. The van der Waals surface area contributed by atoms with E-state index in [1.54, 1.807) is 12.1 Å². The highest BCUT2D eigenvalue weighted by Crippen LogP contribution is 2.40. The molecule has 34 heavy (non-hydrogen) atoms. The highest BCUT2D eigenvalue weighted by molar-refractivity contribution is 5.82. The molecule has 1 N–H and O–H groups in total. The number of halogens is 1. The van der Waals surface area contributed by atoms with Crippen LogP contribution in [0.3, 0.4) is 0 Å². The van der Waals surface area contributed by atoms with Crippen LogP contribution < -0.4 is 10.1 Å². The molecule has 0 aromatic heterocycles. The van der Waals surface area contributed by atoms with Crippen LogP contribution in [0, 0.1) is 11.7 Å². The van der Waals surface area contributed by atoms with Crippen LogP contribution in [0.4, 0.5) is 4.39 Å². The molecule has 0 spiro atoms. The van der Waals surface area contributed by atoms with Gasteiger partial charge in [-0.25, -0.2) is 4.39 Å². The summed E-state index contributed by atoms with van der Waals surface area (Å²) in [6, 6.07) is 12.4. The Bertz CT molecular complexity index is 1040. The number of carbonyl (C=O) groups is 2. The number of carbonyl (C=O) groups excluding carboxylic acids is 2. The van der Waals surface area contributed by atoms with Gasteiger partial charge in [0.2, 0.25) is 5.91 Å². The number of amides is 2. The molecule has 2 aliphatic carbocycles. The second-order valence-corrected chi connectivity index (χ2v) is 9.88. The summed E-state index contributed by atoms with van der Waals surface area (Å²) in [5.74, 6) is 0.520. The van der Waals surface area contributed by atoms with E-state index in [-0.39, 0.29) is 35.6 Å². The minimum Gasteiger partial charge on any atom is -0.481 e. The van der Waals surface area contributed by atoms with E-state index in [2.05, 4.69) is 5.32 Å². The second-order valence-electron chi connectivity index (χ2n) is 9.88. The van der Waals surface area contributed by atoms with Gasteiger partial charge in [-0.15, -0.1) is 0 Å². The first-order valence-corrected chi connectivity index (χ1v) is 12.7. The van der Waals surface area contributed by atoms with Crippen molar-refractivity contribution >= 4 is 11.8 Å². The summed E-state index contributed by atoms with van der Waals surface area (Å²) >= 11 is 0. The van der Waals surface area contributed by atoms with Crippen molar-refractivity contribution in [3.05, 3.63) is 65.0 Å². The molecule has 0 bridgehead atoms. The smallest absolute Gasteiger partial charge is 0.261 e. The van der Waals surface area contributed by atoms with Gasteiger partial charge in [-0.2, -0.15) is 0 Å². The van der Waals surface area contributed by atoms with E-state index < -0.39 is 6.10 Å². The van der Waals surface area contributed by atoms with Gasteiger partial charge in [0.05, 0.1) is 6.04 Å². The number of rotatable bonds is 7. The van der Waals surface area contributed by atoms with Crippen molar-refractivity contribution in [2.75, 3.05) is 6.54 Å². The molecule has 5 nitrogen and oxygen atoms in total. The van der Waals surface area contributed by atoms with Crippen molar-refractivity contribution < 1.29 is 18.7 Å². The predicted molar refractivity (Wildman–Crippen MR) is 128 cm³/mol. The first-order chi connectivity index (χ1) is 16.5. The average Bonchev–Trinajstić information content (AvgIpc) is 3.49. The van der Waals surface area contributed by atoms with Gasteiger partial charge in [0.15, 0.2) is 6.10 Å². The summed E-state index contributed by atoms with van der Waals surface area (Å²) in [5.41, 5.74) is 3.05. The number of hydrogen-bond donors (Lipinski definition) is 1. The molecule has 1 aliphatic heterocycles. The third-order valence-electron chi connectivity index (χ3n) is 7.38. The number of hydrogen-bond acceptors (Lipinski definition) is 3. The Morgan fingerprint density at radius 3 is 2.50 bits per heavy atom. The van der Waals surface area contributed by atoms with Crippen molar-refractivity contribution in [1.82, 2.24) is 10.2 Å². The first kappa shape index (κ1) is 22.9. The standard InChI is InChI=1S/C28H33FN2O3/c1-2-25(27(32)30-22-12-13-22)34-23-14-9-18-15-16-31(28(33)20-5-3-4-6-20)26(24(18)17-23)19-7-10-21(29)11-8-19/h7-11,14,17,20,22,25-26H,2-6,12-13,15-16H2,1H3,(H,30,32)/t25-,26-/m1/s1. The van der Waals surface area contributed by atoms with Gasteiger partial charge in [0, 0.05) is 18.5 Å². The maximum atomic E-state index is 13.7. The third kappa shape index (κ3) is 4.82. The van der Waals surface area contributed by atoms with Gasteiger partial charge in [-0.3, -0.25) is 9.59 Å². The van der Waals surface area contributed by atoms with Crippen LogP contribution in [0.25, 0.3) is 0 Å². The molecule has 2 aromatic carbocycles. The van der Waals surface area contributed by atoms with Crippen LogP contribution in [0.5, 0.6) is 5.75 Å². The minimum atomic E-state index is -0.553. The van der Waals surface area contributed by atoms with Gasteiger partial charge in [-0.05, 0) is 79.5 Å². The van der Waals surface area contributed by atoms with Crippen molar-refractivity contribution in [1.29, 1.82) is 0 Å². The lowest BCUT2D eigenvalue weighted by Crippen LogP contribution is -2.43. The molecule has 0 saturated heterocycles. The van der Waals surface area contributed by atoms with E-state index in [0.29, 0.717) is 18.7 Å². The van der Waals surface area contributed by atoms with Crippen molar-refractivity contribution in [3.8, 4) is 5.75 Å². The van der Waals surface area contributed by atoms with Crippen LogP contribution in [-0.2, 0) is 16.0 Å². The van der Waals surface area contributed by atoms with Crippen molar-refractivity contribution in [2.24, 2.45) is 5.92 Å². The van der Waals surface area contributed by atoms with Crippen LogP contribution >= 0.6 is 0 Å². The Kier molecular flexibility index (Phi) is 6.57. The average molecular weight is 465 g/mol. The summed E-state index contributed by atoms with van der Waals surface area (Å²) < 4.78 is 19.9. The summed E-state index contributed by atoms with van der Waals surface area (Å²) in [7, 11) is 0. The maximum absolute atomic E-state index is 13.7. The molecule has 2 amide bonds. The first-order valence-electron chi connectivity index (χ1n) is 12.7. The topological polar surface area (TPSA) is 58.6 Å². The second kappa shape index (κ2) is 9.77. The molecule has 2 atom stereocenters. The van der Waals surface area contributed by atoms with Crippen LogP contribution in [0.2, 0.25) is 0 Å². The number of nitrogens with one attached hydrogen (secondary N) is 1. The summed E-state index contributed by atoms with van der Waals surface area (Å²) in [4.78, 5) is 28.1. The Balaban J connectivity index is 1.46. The van der Waals surface area contributed by atoms with Crippen molar-refractivity contribution in [2.45, 2.75) is 76.5 Å². The van der Waals surface area contributed by atoms with Gasteiger partial charge in [0.1, 0.15) is 11.6 Å². The number of ether oxygens (including phenoxy) is 1.